The molecule has 3 atom stereocenters. The summed E-state index contributed by atoms with van der Waals surface area (Å²) in [4.78, 5) is 19.3. The molecule has 2 heterocycles. The molecule has 21 heavy (non-hydrogen) atoms. The van der Waals surface area contributed by atoms with Crippen molar-refractivity contribution < 1.29 is 4.79 Å². The topological polar surface area (TPSA) is 50.2 Å². The molecule has 5 heteroatoms. The number of nitrogens with zero attached hydrogens (tertiary/aromatic N) is 3. The van der Waals surface area contributed by atoms with E-state index in [0.29, 0.717) is 18.1 Å². The fourth-order valence-electron chi connectivity index (χ4n) is 3.72. The molecule has 114 valence electrons. The van der Waals surface area contributed by atoms with Crippen molar-refractivity contribution in [1.82, 2.24) is 19.8 Å². The lowest BCUT2D eigenvalue weighted by molar-refractivity contribution is 0.163. The summed E-state index contributed by atoms with van der Waals surface area (Å²) in [6, 6.07) is 1.46. The lowest BCUT2D eigenvalue weighted by atomic mass is 10.1. The second-order valence-corrected chi connectivity index (χ2v) is 7.00. The normalized spacial score (nSPS) is 29.0. The van der Waals surface area contributed by atoms with E-state index in [2.05, 4.69) is 33.6 Å². The lowest BCUT2D eigenvalue weighted by Crippen LogP contribution is -2.48. The second-order valence-electron chi connectivity index (χ2n) is 7.00. The van der Waals surface area contributed by atoms with Gasteiger partial charge < -0.3 is 14.8 Å². The number of imidazole rings is 1. The van der Waals surface area contributed by atoms with Crippen molar-refractivity contribution in [2.45, 2.75) is 70.1 Å². The number of carbonyl (C=O) groups is 1. The first-order valence-corrected chi connectivity index (χ1v) is 8.26. The molecule has 2 aliphatic carbocycles. The third-order valence-electron chi connectivity index (χ3n) is 5.28. The Morgan fingerprint density at radius 2 is 2.19 bits per heavy atom. The van der Waals surface area contributed by atoms with E-state index in [0.717, 1.165) is 18.2 Å². The predicted molar refractivity (Wildman–Crippen MR) is 79.9 cm³/mol. The quantitative estimate of drug-likeness (QED) is 0.926. The average molecular weight is 288 g/mol. The highest BCUT2D eigenvalue weighted by Crippen LogP contribution is 2.40. The van der Waals surface area contributed by atoms with Crippen molar-refractivity contribution >= 4 is 6.03 Å². The van der Waals surface area contributed by atoms with Crippen LogP contribution in [0.4, 0.5) is 4.79 Å². The molecule has 1 aromatic rings. The van der Waals surface area contributed by atoms with Crippen LogP contribution < -0.4 is 5.32 Å². The molecule has 4 rings (SSSR count). The summed E-state index contributed by atoms with van der Waals surface area (Å²) in [7, 11) is 0. The molecular weight excluding hydrogens is 264 g/mol. The molecule has 3 unspecified atom stereocenters. The smallest absolute Gasteiger partial charge is 0.318 e. The lowest BCUT2D eigenvalue weighted by Gasteiger charge is -2.30. The van der Waals surface area contributed by atoms with Crippen molar-refractivity contribution in [3.05, 3.63) is 18.2 Å². The first-order valence-electron chi connectivity index (χ1n) is 8.26. The van der Waals surface area contributed by atoms with Gasteiger partial charge in [-0.25, -0.2) is 9.78 Å². The molecule has 2 amide bonds. The monoisotopic (exact) mass is 288 g/mol. The Labute approximate surface area is 125 Å². The number of fused-ring (bicyclic) bond motifs is 1. The predicted octanol–water partition coefficient (Wildman–Crippen LogP) is 2.86. The molecule has 1 aromatic heterocycles. The number of hydrogen-bond donors (Lipinski definition) is 1. The number of amides is 2. The van der Waals surface area contributed by atoms with Gasteiger partial charge in [-0.1, -0.05) is 0 Å². The number of rotatable bonds is 4. The second kappa shape index (κ2) is 4.75. The maximum Gasteiger partial charge on any atom is 0.318 e. The molecular formula is C16H24N4O. The third kappa shape index (κ3) is 2.32. The molecule has 5 nitrogen and oxygen atoms in total. The minimum absolute atomic E-state index is 0.0650. The largest absolute Gasteiger partial charge is 0.330 e. The summed E-state index contributed by atoms with van der Waals surface area (Å²) < 4.78 is 2.18. The van der Waals surface area contributed by atoms with E-state index in [-0.39, 0.29) is 12.1 Å². The van der Waals surface area contributed by atoms with Crippen molar-refractivity contribution in [3.8, 4) is 0 Å². The zero-order valence-corrected chi connectivity index (χ0v) is 12.8. The van der Waals surface area contributed by atoms with Crippen LogP contribution in [0, 0.1) is 5.92 Å². The molecule has 0 spiro atoms. The van der Waals surface area contributed by atoms with E-state index in [1.807, 2.05) is 12.4 Å². The van der Waals surface area contributed by atoms with Gasteiger partial charge in [0, 0.05) is 30.5 Å². The molecule has 0 bridgehead atoms. The summed E-state index contributed by atoms with van der Waals surface area (Å²) in [6.45, 7) is 4.40. The van der Waals surface area contributed by atoms with Crippen LogP contribution in [0.2, 0.25) is 0 Å². The third-order valence-corrected chi connectivity index (χ3v) is 5.28. The Kier molecular flexibility index (Phi) is 2.98. The van der Waals surface area contributed by atoms with Gasteiger partial charge in [-0.3, -0.25) is 0 Å². The van der Waals surface area contributed by atoms with Gasteiger partial charge in [-0.2, -0.15) is 0 Å². The number of urea groups is 1. The van der Waals surface area contributed by atoms with E-state index in [4.69, 9.17) is 0 Å². The number of nitrogens with one attached hydrogen (secondary N) is 1. The van der Waals surface area contributed by atoms with Gasteiger partial charge >= 0.3 is 6.03 Å². The number of hydrogen-bond acceptors (Lipinski definition) is 2. The van der Waals surface area contributed by atoms with E-state index in [9.17, 15) is 4.79 Å². The van der Waals surface area contributed by atoms with E-state index >= 15 is 0 Å². The van der Waals surface area contributed by atoms with E-state index < -0.39 is 0 Å². The maximum absolute atomic E-state index is 12.8. The summed E-state index contributed by atoms with van der Waals surface area (Å²) in [5.74, 6) is 1.73. The Hall–Kier alpha value is -1.52. The summed E-state index contributed by atoms with van der Waals surface area (Å²) in [6.07, 6.45) is 9.68. The summed E-state index contributed by atoms with van der Waals surface area (Å²) in [5.41, 5.74) is 0. The van der Waals surface area contributed by atoms with Crippen LogP contribution >= 0.6 is 0 Å². The zero-order chi connectivity index (χ0) is 14.6. The van der Waals surface area contributed by atoms with Crippen LogP contribution in [0.5, 0.6) is 0 Å². The SMILES string of the molecule is CC(C1CC1)N(C(=O)NC1CC(C)n2ccnc21)C1CC1. The molecule has 2 saturated carbocycles. The van der Waals surface area contributed by atoms with Gasteiger partial charge in [0.15, 0.2) is 0 Å². The molecule has 0 saturated heterocycles. The van der Waals surface area contributed by atoms with Crippen LogP contribution in [0.15, 0.2) is 12.4 Å². The fourth-order valence-corrected chi connectivity index (χ4v) is 3.72. The van der Waals surface area contributed by atoms with Crippen LogP contribution in [-0.4, -0.2) is 32.6 Å². The van der Waals surface area contributed by atoms with Crippen LogP contribution in [-0.2, 0) is 0 Å². The molecule has 0 aromatic carbocycles. The molecule has 2 fully saturated rings. The molecule has 1 aliphatic heterocycles. The van der Waals surface area contributed by atoms with Gasteiger partial charge in [0.05, 0.1) is 6.04 Å². The van der Waals surface area contributed by atoms with E-state index in [1.54, 1.807) is 0 Å². The van der Waals surface area contributed by atoms with Gasteiger partial charge in [0.1, 0.15) is 5.82 Å². The molecule has 0 radical (unpaired) electrons. The first kappa shape index (κ1) is 13.2. The minimum Gasteiger partial charge on any atom is -0.330 e. The number of carbonyl (C=O) groups excluding carboxylic acids is 1. The zero-order valence-electron chi connectivity index (χ0n) is 12.8. The van der Waals surface area contributed by atoms with Crippen molar-refractivity contribution in [3.63, 3.8) is 0 Å². The van der Waals surface area contributed by atoms with Crippen molar-refractivity contribution in [2.75, 3.05) is 0 Å². The first-order chi connectivity index (χ1) is 10.1. The molecule has 1 N–H and O–H groups in total. The van der Waals surface area contributed by atoms with Crippen molar-refractivity contribution in [1.29, 1.82) is 0 Å². The highest BCUT2D eigenvalue weighted by Gasteiger charge is 2.43. The Balaban J connectivity index is 1.47. The Morgan fingerprint density at radius 1 is 1.43 bits per heavy atom. The van der Waals surface area contributed by atoms with E-state index in [1.165, 1.54) is 25.7 Å². The van der Waals surface area contributed by atoms with Gasteiger partial charge in [-0.15, -0.1) is 0 Å². The van der Waals surface area contributed by atoms with Gasteiger partial charge in [0.25, 0.3) is 0 Å². The van der Waals surface area contributed by atoms with Crippen molar-refractivity contribution in [2.24, 2.45) is 5.92 Å². The van der Waals surface area contributed by atoms with Crippen LogP contribution in [0.25, 0.3) is 0 Å². The van der Waals surface area contributed by atoms with Crippen LogP contribution in [0.1, 0.15) is 63.9 Å². The summed E-state index contributed by atoms with van der Waals surface area (Å²) >= 11 is 0. The van der Waals surface area contributed by atoms with Gasteiger partial charge in [-0.05, 0) is 51.9 Å². The Morgan fingerprint density at radius 3 is 2.86 bits per heavy atom. The maximum atomic E-state index is 12.8. The van der Waals surface area contributed by atoms with Crippen LogP contribution in [0.3, 0.4) is 0 Å². The standard InChI is InChI=1S/C16H24N4O/c1-10-9-14(15-17-7-8-19(10)15)18-16(21)20(13-5-6-13)11(2)12-3-4-12/h7-8,10-14H,3-6,9H2,1-2H3,(H,18,21). The Bertz CT molecular complexity index is 546. The number of aromatic nitrogens is 2. The minimum atomic E-state index is 0.0650. The summed E-state index contributed by atoms with van der Waals surface area (Å²) in [5, 5.41) is 3.24. The molecule has 3 aliphatic rings. The average Bonchev–Trinajstić information content (AvgIpc) is 3.35. The van der Waals surface area contributed by atoms with Gasteiger partial charge in [0.2, 0.25) is 0 Å². The highest BCUT2D eigenvalue weighted by atomic mass is 16.2. The fraction of sp³-hybridized carbons (Fsp3) is 0.750. The highest BCUT2D eigenvalue weighted by molar-refractivity contribution is 5.76.